The minimum atomic E-state index is -1.31. The molecule has 1 aromatic carbocycles. The number of ether oxygens (including phenoxy) is 1. The molecule has 0 bridgehead atoms. The summed E-state index contributed by atoms with van der Waals surface area (Å²) in [6, 6.07) is 6.93. The summed E-state index contributed by atoms with van der Waals surface area (Å²) in [7, 11) is 2.65. The highest BCUT2D eigenvalue weighted by atomic mass is 16.5. The molecule has 158 valence electrons. The van der Waals surface area contributed by atoms with E-state index in [1.165, 1.54) is 19.1 Å². The quantitative estimate of drug-likeness (QED) is 0.577. The van der Waals surface area contributed by atoms with Gasteiger partial charge in [-0.2, -0.15) is 0 Å². The van der Waals surface area contributed by atoms with Crippen molar-refractivity contribution in [1.29, 1.82) is 0 Å². The average molecular weight is 405 g/mol. The molecule has 3 N–H and O–H groups in total. The van der Waals surface area contributed by atoms with E-state index in [2.05, 4.69) is 0 Å². The van der Waals surface area contributed by atoms with Crippen molar-refractivity contribution in [3.8, 4) is 0 Å². The summed E-state index contributed by atoms with van der Waals surface area (Å²) < 4.78 is 4.72. The number of nitrogens with zero attached hydrogens (tertiary/aromatic N) is 2. The Morgan fingerprint density at radius 3 is 2.52 bits per heavy atom. The summed E-state index contributed by atoms with van der Waals surface area (Å²) in [5, 5.41) is 9.54. The third-order valence-electron chi connectivity index (χ3n) is 5.13. The Balaban J connectivity index is 2.02. The van der Waals surface area contributed by atoms with Gasteiger partial charge < -0.3 is 25.4 Å². The van der Waals surface area contributed by atoms with Crippen molar-refractivity contribution in [3.63, 3.8) is 0 Å². The Labute approximate surface area is 169 Å². The second-order valence-corrected chi connectivity index (χ2v) is 7.12. The van der Waals surface area contributed by atoms with E-state index in [1.54, 1.807) is 24.3 Å². The van der Waals surface area contributed by atoms with Crippen LogP contribution in [0.4, 0.5) is 0 Å². The van der Waals surface area contributed by atoms with Gasteiger partial charge in [-0.05, 0) is 24.8 Å². The molecule has 1 aliphatic rings. The lowest BCUT2D eigenvalue weighted by atomic mass is 9.92. The number of carboxylic acids is 1. The second kappa shape index (κ2) is 10.0. The molecule has 9 nitrogen and oxygen atoms in total. The molecule has 1 saturated heterocycles. The molecule has 0 spiro atoms. The zero-order valence-corrected chi connectivity index (χ0v) is 16.6. The predicted molar refractivity (Wildman–Crippen MR) is 104 cm³/mol. The molecule has 1 heterocycles. The number of hydrogen-bond acceptors (Lipinski definition) is 6. The molecule has 0 radical (unpaired) electrons. The van der Waals surface area contributed by atoms with Gasteiger partial charge in [0.15, 0.2) is 0 Å². The summed E-state index contributed by atoms with van der Waals surface area (Å²) in [4.78, 5) is 51.2. The molecular formula is C20H27N3O6. The summed E-state index contributed by atoms with van der Waals surface area (Å²) >= 11 is 0. The van der Waals surface area contributed by atoms with Crippen molar-refractivity contribution in [1.82, 2.24) is 9.80 Å². The molecule has 2 rings (SSSR count). The number of likely N-dealkylation sites (tertiary alicyclic amines) is 1. The lowest BCUT2D eigenvalue weighted by Gasteiger charge is -2.28. The molecule has 29 heavy (non-hydrogen) atoms. The Kier molecular flexibility index (Phi) is 7.72. The molecule has 9 heteroatoms. The van der Waals surface area contributed by atoms with Crippen LogP contribution in [0.25, 0.3) is 0 Å². The topological polar surface area (TPSA) is 130 Å². The van der Waals surface area contributed by atoms with Crippen LogP contribution in [0.1, 0.15) is 18.4 Å². The van der Waals surface area contributed by atoms with Crippen LogP contribution >= 0.6 is 0 Å². The van der Waals surface area contributed by atoms with Gasteiger partial charge in [-0.3, -0.25) is 14.4 Å². The maximum Gasteiger partial charge on any atom is 0.328 e. The number of benzene rings is 1. The fourth-order valence-electron chi connectivity index (χ4n) is 3.48. The van der Waals surface area contributed by atoms with Crippen molar-refractivity contribution in [2.45, 2.75) is 31.3 Å². The van der Waals surface area contributed by atoms with Gasteiger partial charge in [0.1, 0.15) is 6.04 Å². The first-order valence-corrected chi connectivity index (χ1v) is 9.40. The molecule has 2 amide bonds. The average Bonchev–Trinajstić information content (AvgIpc) is 3.21. The number of likely N-dealkylation sites (N-methyl/N-ethyl adjacent to an activating group) is 1. The molecule has 1 aliphatic heterocycles. The van der Waals surface area contributed by atoms with Gasteiger partial charge in [0.25, 0.3) is 0 Å². The Morgan fingerprint density at radius 2 is 1.93 bits per heavy atom. The summed E-state index contributed by atoms with van der Waals surface area (Å²) in [5.41, 5.74) is 6.72. The maximum atomic E-state index is 12.7. The smallest absolute Gasteiger partial charge is 0.328 e. The summed E-state index contributed by atoms with van der Waals surface area (Å²) in [6.07, 6.45) is 1.27. The standard InChI is InChI=1S/C20H27N3O6/c1-22(12-16(24)23-10-6-9-15(23)20(28)29-2)18(25)17(21)14(19(26)27)11-13-7-4-3-5-8-13/h3-5,7-8,14-15,17H,6,9-12,21H2,1-2H3,(H,26,27)/t14?,15-,17-/m0/s1. The number of carbonyl (C=O) groups excluding carboxylic acids is 3. The van der Waals surface area contributed by atoms with Gasteiger partial charge in [0, 0.05) is 13.6 Å². The van der Waals surface area contributed by atoms with Crippen LogP contribution in [0.5, 0.6) is 0 Å². The first kappa shape index (κ1) is 22.4. The van der Waals surface area contributed by atoms with Gasteiger partial charge in [-0.15, -0.1) is 0 Å². The van der Waals surface area contributed by atoms with Crippen molar-refractivity contribution >= 4 is 23.8 Å². The molecule has 1 aromatic rings. The molecule has 1 fully saturated rings. The third kappa shape index (κ3) is 5.54. The van der Waals surface area contributed by atoms with Gasteiger partial charge in [0.05, 0.1) is 25.6 Å². The number of hydrogen-bond donors (Lipinski definition) is 2. The van der Waals surface area contributed by atoms with Crippen molar-refractivity contribution in [2.24, 2.45) is 11.7 Å². The fourth-order valence-corrected chi connectivity index (χ4v) is 3.48. The molecule has 0 saturated carbocycles. The minimum absolute atomic E-state index is 0.0986. The van der Waals surface area contributed by atoms with Gasteiger partial charge in [0.2, 0.25) is 11.8 Å². The normalized spacial score (nSPS) is 18.0. The largest absolute Gasteiger partial charge is 0.481 e. The van der Waals surface area contributed by atoms with E-state index < -0.39 is 41.8 Å². The molecule has 0 aliphatic carbocycles. The zero-order valence-electron chi connectivity index (χ0n) is 16.6. The first-order chi connectivity index (χ1) is 13.8. The number of aliphatic carboxylic acids is 1. The van der Waals surface area contributed by atoms with Crippen LogP contribution in [-0.4, -0.2) is 78.0 Å². The summed E-state index contributed by atoms with van der Waals surface area (Å²) in [5.74, 6) is -3.85. The highest BCUT2D eigenvalue weighted by molar-refractivity contribution is 5.92. The number of carbonyl (C=O) groups is 4. The van der Waals surface area contributed by atoms with Crippen LogP contribution in [-0.2, 0) is 30.3 Å². The van der Waals surface area contributed by atoms with Crippen LogP contribution in [0.15, 0.2) is 30.3 Å². The van der Waals surface area contributed by atoms with Crippen molar-refractivity contribution in [3.05, 3.63) is 35.9 Å². The SMILES string of the molecule is COC(=O)[C@@H]1CCCN1C(=O)CN(C)C(=O)[C@@H](N)C(Cc1ccccc1)C(=O)O. The van der Waals surface area contributed by atoms with E-state index >= 15 is 0 Å². The highest BCUT2D eigenvalue weighted by Gasteiger charge is 2.37. The van der Waals surface area contributed by atoms with Crippen molar-refractivity contribution in [2.75, 3.05) is 27.2 Å². The monoisotopic (exact) mass is 405 g/mol. The van der Waals surface area contributed by atoms with Gasteiger partial charge in [-0.1, -0.05) is 30.3 Å². The minimum Gasteiger partial charge on any atom is -0.481 e. The fraction of sp³-hybridized carbons (Fsp3) is 0.500. The van der Waals surface area contributed by atoms with Gasteiger partial charge >= 0.3 is 11.9 Å². The molecule has 1 unspecified atom stereocenters. The Bertz CT molecular complexity index is 754. The third-order valence-corrected chi connectivity index (χ3v) is 5.13. The Morgan fingerprint density at radius 1 is 1.28 bits per heavy atom. The van der Waals surface area contributed by atoms with Crippen molar-refractivity contribution < 1.29 is 29.0 Å². The van der Waals surface area contributed by atoms with Gasteiger partial charge in [-0.25, -0.2) is 4.79 Å². The van der Waals surface area contributed by atoms with Crippen LogP contribution in [0, 0.1) is 5.92 Å². The molecular weight excluding hydrogens is 378 g/mol. The Hall–Kier alpha value is -2.94. The summed E-state index contributed by atoms with van der Waals surface area (Å²) in [6.45, 7) is 0.107. The van der Waals surface area contributed by atoms with E-state index in [0.29, 0.717) is 19.4 Å². The maximum absolute atomic E-state index is 12.7. The van der Waals surface area contributed by atoms with Crippen LogP contribution < -0.4 is 5.73 Å². The highest BCUT2D eigenvalue weighted by Crippen LogP contribution is 2.19. The zero-order chi connectivity index (χ0) is 21.6. The first-order valence-electron chi connectivity index (χ1n) is 9.40. The van der Waals surface area contributed by atoms with Crippen LogP contribution in [0.3, 0.4) is 0 Å². The van der Waals surface area contributed by atoms with E-state index in [0.717, 1.165) is 10.5 Å². The van der Waals surface area contributed by atoms with E-state index in [4.69, 9.17) is 10.5 Å². The molecule has 0 aromatic heterocycles. The second-order valence-electron chi connectivity index (χ2n) is 7.12. The van der Waals surface area contributed by atoms with E-state index in [-0.39, 0.29) is 13.0 Å². The van der Waals surface area contributed by atoms with E-state index in [9.17, 15) is 24.3 Å². The number of amides is 2. The van der Waals surface area contributed by atoms with E-state index in [1.807, 2.05) is 6.07 Å². The number of rotatable bonds is 8. The lowest BCUT2D eigenvalue weighted by Crippen LogP contribution is -2.52. The van der Waals surface area contributed by atoms with Crippen LogP contribution in [0.2, 0.25) is 0 Å². The number of carboxylic acid groups (broad SMARTS) is 1. The lowest BCUT2D eigenvalue weighted by molar-refractivity contribution is -0.152. The number of esters is 1. The number of nitrogens with two attached hydrogens (primary N) is 1. The number of methoxy groups -OCH3 is 1. The predicted octanol–water partition coefficient (Wildman–Crippen LogP) is -0.120. The molecule has 3 atom stereocenters.